The Bertz CT molecular complexity index is 478. The summed E-state index contributed by atoms with van der Waals surface area (Å²) in [6.45, 7) is 0. The van der Waals surface area contributed by atoms with Crippen molar-refractivity contribution in [2.45, 2.75) is 0 Å². The number of hydrogen-bond donors (Lipinski definition) is 0. The molecular formula is C6H3Cl3N4. The number of aromatic nitrogens is 4. The molecule has 0 unspecified atom stereocenters. The fraction of sp³-hybridized carbons (Fsp3) is 0.167. The average Bonchev–Trinajstić information content (AvgIpc) is 2.32. The van der Waals surface area contributed by atoms with Crippen LogP contribution >= 0.6 is 34.8 Å². The summed E-state index contributed by atoms with van der Waals surface area (Å²) in [5, 5.41) is 0.586. The highest BCUT2D eigenvalue weighted by atomic mass is 35.5. The molecule has 0 aliphatic heterocycles. The van der Waals surface area contributed by atoms with Crippen molar-refractivity contribution in [3.05, 3.63) is 15.7 Å². The molecule has 0 radical (unpaired) electrons. The minimum atomic E-state index is 0.0807. The third-order valence-corrected chi connectivity index (χ3v) is 2.36. The van der Waals surface area contributed by atoms with E-state index in [1.807, 2.05) is 0 Å². The number of fused-ring (bicyclic) bond motifs is 1. The molecule has 4 nitrogen and oxygen atoms in total. The highest BCUT2D eigenvalue weighted by Crippen LogP contribution is 2.23. The first kappa shape index (κ1) is 8.99. The Morgan fingerprint density at radius 3 is 2.46 bits per heavy atom. The van der Waals surface area contributed by atoms with Gasteiger partial charge in [-0.3, -0.25) is 0 Å². The van der Waals surface area contributed by atoms with Crippen molar-refractivity contribution in [2.75, 3.05) is 0 Å². The van der Waals surface area contributed by atoms with Crippen molar-refractivity contribution in [3.8, 4) is 0 Å². The van der Waals surface area contributed by atoms with Gasteiger partial charge in [-0.1, -0.05) is 11.6 Å². The van der Waals surface area contributed by atoms with Crippen molar-refractivity contribution in [1.82, 2.24) is 19.5 Å². The van der Waals surface area contributed by atoms with Crippen LogP contribution in [-0.4, -0.2) is 19.5 Å². The van der Waals surface area contributed by atoms with Crippen molar-refractivity contribution in [3.63, 3.8) is 0 Å². The second-order valence-corrected chi connectivity index (χ2v) is 3.43. The third-order valence-electron chi connectivity index (χ3n) is 1.59. The number of halogens is 3. The maximum atomic E-state index is 5.78. The second-order valence-electron chi connectivity index (χ2n) is 2.40. The smallest absolute Gasteiger partial charge is 0.225 e. The molecule has 0 saturated carbocycles. The molecule has 13 heavy (non-hydrogen) atoms. The van der Waals surface area contributed by atoms with Crippen molar-refractivity contribution in [1.29, 1.82) is 0 Å². The first-order valence-electron chi connectivity index (χ1n) is 3.30. The fourth-order valence-electron chi connectivity index (χ4n) is 0.976. The van der Waals surface area contributed by atoms with E-state index in [4.69, 9.17) is 34.8 Å². The van der Waals surface area contributed by atoms with Crippen LogP contribution in [0.4, 0.5) is 0 Å². The number of imidazole rings is 1. The summed E-state index contributed by atoms with van der Waals surface area (Å²) in [6.07, 6.45) is 0. The Hall–Kier alpha value is -0.580. The van der Waals surface area contributed by atoms with Gasteiger partial charge in [-0.15, -0.1) is 0 Å². The van der Waals surface area contributed by atoms with Crippen LogP contribution in [0, 0.1) is 0 Å². The van der Waals surface area contributed by atoms with Gasteiger partial charge in [0.1, 0.15) is 5.52 Å². The normalized spacial score (nSPS) is 11.1. The number of nitrogens with zero attached hydrogens (tertiary/aromatic N) is 4. The van der Waals surface area contributed by atoms with Gasteiger partial charge in [0.15, 0.2) is 10.8 Å². The van der Waals surface area contributed by atoms with E-state index in [2.05, 4.69) is 15.0 Å². The maximum Gasteiger partial charge on any atom is 0.225 e. The summed E-state index contributed by atoms with van der Waals surface area (Å²) in [5.74, 6) is 0. The lowest BCUT2D eigenvalue weighted by atomic mass is 10.5. The summed E-state index contributed by atoms with van der Waals surface area (Å²) in [6, 6.07) is 0. The zero-order chi connectivity index (χ0) is 9.59. The molecule has 0 atom stereocenters. The molecule has 0 amide bonds. The van der Waals surface area contributed by atoms with Crippen LogP contribution in [0.2, 0.25) is 15.7 Å². The van der Waals surface area contributed by atoms with E-state index >= 15 is 0 Å². The highest BCUT2D eigenvalue weighted by molar-refractivity contribution is 6.36. The molecule has 0 aromatic carbocycles. The quantitative estimate of drug-likeness (QED) is 0.401. The Balaban J connectivity index is 2.94. The first-order chi connectivity index (χ1) is 6.09. The van der Waals surface area contributed by atoms with Gasteiger partial charge in [-0.2, -0.15) is 4.98 Å². The SMILES string of the molecule is Cn1c(Cl)nc2c(Cl)nc(Cl)nc21. The average molecular weight is 237 g/mol. The predicted octanol–water partition coefficient (Wildman–Crippen LogP) is 2.32. The van der Waals surface area contributed by atoms with Crippen LogP contribution in [-0.2, 0) is 7.05 Å². The molecule has 7 heteroatoms. The third kappa shape index (κ3) is 1.35. The largest absolute Gasteiger partial charge is 0.302 e. The molecule has 0 fully saturated rings. The van der Waals surface area contributed by atoms with E-state index in [1.54, 1.807) is 11.6 Å². The Morgan fingerprint density at radius 1 is 1.08 bits per heavy atom. The Kier molecular flexibility index (Phi) is 2.06. The van der Waals surface area contributed by atoms with Crippen LogP contribution in [0.25, 0.3) is 11.2 Å². The van der Waals surface area contributed by atoms with Crippen molar-refractivity contribution >= 4 is 46.0 Å². The minimum absolute atomic E-state index is 0.0807. The highest BCUT2D eigenvalue weighted by Gasteiger charge is 2.12. The van der Waals surface area contributed by atoms with Gasteiger partial charge in [0, 0.05) is 7.05 Å². The van der Waals surface area contributed by atoms with E-state index in [1.165, 1.54) is 0 Å². The Morgan fingerprint density at radius 2 is 1.77 bits per heavy atom. The summed E-state index contributed by atoms with van der Waals surface area (Å²) >= 11 is 17.2. The second kappa shape index (κ2) is 2.97. The lowest BCUT2D eigenvalue weighted by Crippen LogP contribution is -1.91. The van der Waals surface area contributed by atoms with Gasteiger partial charge in [-0.25, -0.2) is 9.97 Å². The number of aryl methyl sites for hydroxylation is 1. The number of rotatable bonds is 0. The fourth-order valence-corrected chi connectivity index (χ4v) is 1.56. The molecule has 68 valence electrons. The molecule has 0 N–H and O–H groups in total. The number of hydrogen-bond acceptors (Lipinski definition) is 3. The summed E-state index contributed by atoms with van der Waals surface area (Å²) in [7, 11) is 1.72. The zero-order valence-electron chi connectivity index (χ0n) is 6.42. The van der Waals surface area contributed by atoms with Gasteiger partial charge in [-0.05, 0) is 23.2 Å². The molecule has 2 aromatic rings. The van der Waals surface area contributed by atoms with E-state index in [0.717, 1.165) is 0 Å². The van der Waals surface area contributed by atoms with Crippen LogP contribution in [0.1, 0.15) is 0 Å². The van der Waals surface area contributed by atoms with Crippen LogP contribution < -0.4 is 0 Å². The zero-order valence-corrected chi connectivity index (χ0v) is 8.69. The van der Waals surface area contributed by atoms with E-state index in [-0.39, 0.29) is 10.4 Å². The summed E-state index contributed by atoms with van der Waals surface area (Å²) < 4.78 is 1.58. The summed E-state index contributed by atoms with van der Waals surface area (Å²) in [4.78, 5) is 11.7. The predicted molar refractivity (Wildman–Crippen MR) is 51.3 cm³/mol. The topological polar surface area (TPSA) is 43.6 Å². The molecule has 2 aromatic heterocycles. The molecule has 0 aliphatic rings. The molecular weight excluding hydrogens is 234 g/mol. The van der Waals surface area contributed by atoms with E-state index in [0.29, 0.717) is 16.4 Å². The summed E-state index contributed by atoms with van der Waals surface area (Å²) in [5.41, 5.74) is 0.980. The monoisotopic (exact) mass is 236 g/mol. The molecule has 2 heterocycles. The van der Waals surface area contributed by atoms with Crippen LogP contribution in [0.15, 0.2) is 0 Å². The van der Waals surface area contributed by atoms with Gasteiger partial charge >= 0.3 is 0 Å². The van der Waals surface area contributed by atoms with Crippen LogP contribution in [0.3, 0.4) is 0 Å². The first-order valence-corrected chi connectivity index (χ1v) is 4.44. The van der Waals surface area contributed by atoms with Gasteiger partial charge < -0.3 is 4.57 Å². The molecule has 0 bridgehead atoms. The van der Waals surface area contributed by atoms with E-state index < -0.39 is 0 Å². The van der Waals surface area contributed by atoms with Gasteiger partial charge in [0.25, 0.3) is 0 Å². The molecule has 0 spiro atoms. The molecule has 0 aliphatic carbocycles. The van der Waals surface area contributed by atoms with Gasteiger partial charge in [0.05, 0.1) is 0 Å². The van der Waals surface area contributed by atoms with Crippen molar-refractivity contribution < 1.29 is 0 Å². The van der Waals surface area contributed by atoms with E-state index in [9.17, 15) is 0 Å². The molecule has 0 saturated heterocycles. The lowest BCUT2D eigenvalue weighted by Gasteiger charge is -1.95. The minimum Gasteiger partial charge on any atom is -0.302 e. The maximum absolute atomic E-state index is 5.78. The van der Waals surface area contributed by atoms with Crippen molar-refractivity contribution in [2.24, 2.45) is 7.05 Å². The standard InChI is InChI=1S/C6H3Cl3N4/c1-13-4-2(10-6(13)9)3(7)11-5(8)12-4/h1H3. The Labute approximate surface area is 88.5 Å². The van der Waals surface area contributed by atoms with Crippen LogP contribution in [0.5, 0.6) is 0 Å². The van der Waals surface area contributed by atoms with Gasteiger partial charge in [0.2, 0.25) is 10.6 Å². The lowest BCUT2D eigenvalue weighted by molar-refractivity contribution is 0.929. The molecule has 2 rings (SSSR count).